The summed E-state index contributed by atoms with van der Waals surface area (Å²) in [6.45, 7) is 1.33. The molecule has 1 heterocycles. The number of benzene rings is 1. The highest BCUT2D eigenvalue weighted by atomic mass is 35.5. The van der Waals surface area contributed by atoms with Gasteiger partial charge in [-0.25, -0.2) is 12.8 Å². The smallest absolute Gasteiger partial charge is 0.243 e. The lowest BCUT2D eigenvalue weighted by Crippen LogP contribution is -2.45. The van der Waals surface area contributed by atoms with Gasteiger partial charge < -0.3 is 10.6 Å². The van der Waals surface area contributed by atoms with Crippen molar-refractivity contribution in [3.05, 3.63) is 30.1 Å². The third kappa shape index (κ3) is 5.82. The number of hydrogen-bond acceptors (Lipinski definition) is 5. The molecule has 1 aliphatic heterocycles. The van der Waals surface area contributed by atoms with Gasteiger partial charge in [0.15, 0.2) is 0 Å². The van der Waals surface area contributed by atoms with Gasteiger partial charge in [0, 0.05) is 26.2 Å². The lowest BCUT2D eigenvalue weighted by atomic mass is 10.2. The molecule has 0 saturated carbocycles. The lowest BCUT2D eigenvalue weighted by molar-refractivity contribution is -0.132. The first kappa shape index (κ1) is 23.2. The third-order valence-corrected chi connectivity index (χ3v) is 6.72. The minimum atomic E-state index is -3.69. The van der Waals surface area contributed by atoms with E-state index in [2.05, 4.69) is 0 Å². The van der Waals surface area contributed by atoms with E-state index < -0.39 is 21.9 Å². The van der Waals surface area contributed by atoms with Crippen molar-refractivity contribution in [1.82, 2.24) is 9.21 Å². The van der Waals surface area contributed by atoms with Crippen LogP contribution in [0, 0.1) is 5.82 Å². The van der Waals surface area contributed by atoms with Crippen molar-refractivity contribution in [2.75, 3.05) is 38.2 Å². The summed E-state index contributed by atoms with van der Waals surface area (Å²) in [6, 6.07) is 4.23. The van der Waals surface area contributed by atoms with Crippen LogP contribution in [-0.2, 0) is 14.8 Å². The van der Waals surface area contributed by atoms with E-state index in [4.69, 9.17) is 5.73 Å². The van der Waals surface area contributed by atoms with Gasteiger partial charge in [0.1, 0.15) is 5.82 Å². The summed E-state index contributed by atoms with van der Waals surface area (Å²) in [7, 11) is -3.69. The Bertz CT molecular complexity index is 688. The van der Waals surface area contributed by atoms with Gasteiger partial charge in [0.05, 0.1) is 10.9 Å². The first-order chi connectivity index (χ1) is 11.9. The van der Waals surface area contributed by atoms with E-state index in [0.29, 0.717) is 32.5 Å². The molecule has 1 aromatic carbocycles. The van der Waals surface area contributed by atoms with Gasteiger partial charge >= 0.3 is 0 Å². The minimum Gasteiger partial charge on any atom is -0.340 e. The summed E-state index contributed by atoms with van der Waals surface area (Å²) in [5.41, 5.74) is 5.94. The second-order valence-electron chi connectivity index (χ2n) is 5.92. The molecular formula is C16H25ClFN3O3S2. The highest BCUT2D eigenvalue weighted by Crippen LogP contribution is 2.18. The zero-order chi connectivity index (χ0) is 18.4. The maximum absolute atomic E-state index is 13.0. The first-order valence-corrected chi connectivity index (χ1v) is 11.0. The summed E-state index contributed by atoms with van der Waals surface area (Å²) >= 11 is 1.64. The maximum atomic E-state index is 13.0. The molecule has 1 atom stereocenters. The zero-order valence-electron chi connectivity index (χ0n) is 14.6. The second kappa shape index (κ2) is 10.5. The van der Waals surface area contributed by atoms with Crippen LogP contribution in [0.5, 0.6) is 0 Å². The van der Waals surface area contributed by atoms with E-state index in [1.165, 1.54) is 16.4 Å². The molecule has 0 radical (unpaired) electrons. The molecular weight excluding hydrogens is 401 g/mol. The summed E-state index contributed by atoms with van der Waals surface area (Å²) in [5.74, 6) is 0.201. The monoisotopic (exact) mass is 425 g/mol. The molecule has 1 aromatic rings. The number of thioether (sulfide) groups is 1. The summed E-state index contributed by atoms with van der Waals surface area (Å²) in [6.07, 6.45) is 3.11. The second-order valence-corrected chi connectivity index (χ2v) is 8.85. The largest absolute Gasteiger partial charge is 0.340 e. The molecule has 0 aliphatic carbocycles. The molecule has 1 amide bonds. The van der Waals surface area contributed by atoms with Gasteiger partial charge in [0.2, 0.25) is 15.9 Å². The first-order valence-electron chi connectivity index (χ1n) is 8.15. The average Bonchev–Trinajstić information content (AvgIpc) is 2.86. The van der Waals surface area contributed by atoms with Gasteiger partial charge in [-0.05, 0) is 49.1 Å². The highest BCUT2D eigenvalue weighted by Gasteiger charge is 2.29. The van der Waals surface area contributed by atoms with Crippen LogP contribution in [0.25, 0.3) is 0 Å². The molecule has 1 unspecified atom stereocenters. The number of nitrogens with two attached hydrogens (primary N) is 1. The Balaban J connectivity index is 0.00000338. The molecule has 0 spiro atoms. The van der Waals surface area contributed by atoms with Crippen LogP contribution in [0.1, 0.15) is 12.8 Å². The standard InChI is InChI=1S/C16H24FN3O3S2.ClH/c1-24-12-7-15(18)16(21)19-8-2-9-20(11-10-19)25(22,23)14-5-3-13(17)4-6-14;/h3-6,15H,2,7-12,18H2,1H3;1H. The van der Waals surface area contributed by atoms with Crippen LogP contribution in [0.2, 0.25) is 0 Å². The quantitative estimate of drug-likeness (QED) is 0.747. The number of nitrogens with zero attached hydrogens (tertiary/aromatic N) is 2. The third-order valence-electron chi connectivity index (χ3n) is 4.17. The average molecular weight is 426 g/mol. The molecule has 1 fully saturated rings. The van der Waals surface area contributed by atoms with E-state index in [-0.39, 0.29) is 29.8 Å². The van der Waals surface area contributed by atoms with Gasteiger partial charge in [-0.1, -0.05) is 0 Å². The van der Waals surface area contributed by atoms with Crippen LogP contribution in [-0.4, -0.2) is 67.8 Å². The van der Waals surface area contributed by atoms with E-state index >= 15 is 0 Å². The van der Waals surface area contributed by atoms with Gasteiger partial charge in [-0.2, -0.15) is 16.1 Å². The van der Waals surface area contributed by atoms with E-state index in [9.17, 15) is 17.6 Å². The van der Waals surface area contributed by atoms with Crippen molar-refractivity contribution in [3.63, 3.8) is 0 Å². The van der Waals surface area contributed by atoms with Crippen molar-refractivity contribution in [2.45, 2.75) is 23.8 Å². The Morgan fingerprint density at radius 2 is 1.88 bits per heavy atom. The number of amides is 1. The molecule has 6 nitrogen and oxygen atoms in total. The van der Waals surface area contributed by atoms with Crippen LogP contribution < -0.4 is 5.73 Å². The zero-order valence-corrected chi connectivity index (χ0v) is 17.1. The Labute approximate surface area is 164 Å². The Morgan fingerprint density at radius 3 is 2.50 bits per heavy atom. The fourth-order valence-corrected chi connectivity index (χ4v) is 4.67. The fraction of sp³-hybridized carbons (Fsp3) is 0.562. The van der Waals surface area contributed by atoms with Crippen molar-refractivity contribution in [1.29, 1.82) is 0 Å². The van der Waals surface area contributed by atoms with E-state index in [1.807, 2.05) is 6.26 Å². The minimum absolute atomic E-state index is 0. The normalized spacial score (nSPS) is 17.3. The van der Waals surface area contributed by atoms with Crippen molar-refractivity contribution >= 4 is 40.1 Å². The van der Waals surface area contributed by atoms with Gasteiger partial charge in [0.25, 0.3) is 0 Å². The van der Waals surface area contributed by atoms with Crippen molar-refractivity contribution in [2.24, 2.45) is 5.73 Å². The number of hydrogen-bond donors (Lipinski definition) is 1. The molecule has 10 heteroatoms. The molecule has 1 saturated heterocycles. The predicted octanol–water partition coefficient (Wildman–Crippen LogP) is 1.55. The summed E-state index contributed by atoms with van der Waals surface area (Å²) < 4.78 is 39.7. The summed E-state index contributed by atoms with van der Waals surface area (Å²) in [4.78, 5) is 14.1. The van der Waals surface area contributed by atoms with Gasteiger partial charge in [-0.3, -0.25) is 4.79 Å². The molecule has 0 bridgehead atoms. The Hall–Kier alpha value is -0.870. The number of halogens is 2. The van der Waals surface area contributed by atoms with Crippen LogP contribution in [0.15, 0.2) is 29.2 Å². The number of sulfonamides is 1. The van der Waals surface area contributed by atoms with Crippen LogP contribution in [0.3, 0.4) is 0 Å². The molecule has 0 aromatic heterocycles. The van der Waals surface area contributed by atoms with E-state index in [0.717, 1.165) is 17.9 Å². The molecule has 148 valence electrons. The highest BCUT2D eigenvalue weighted by molar-refractivity contribution is 7.98. The number of rotatable bonds is 6. The molecule has 2 N–H and O–H groups in total. The molecule has 1 aliphatic rings. The predicted molar refractivity (Wildman–Crippen MR) is 105 cm³/mol. The summed E-state index contributed by atoms with van der Waals surface area (Å²) in [5, 5.41) is 0. The number of carbonyl (C=O) groups is 1. The van der Waals surface area contributed by atoms with E-state index in [1.54, 1.807) is 16.7 Å². The fourth-order valence-electron chi connectivity index (χ4n) is 2.71. The Kier molecular flexibility index (Phi) is 9.32. The van der Waals surface area contributed by atoms with Gasteiger partial charge in [-0.15, -0.1) is 12.4 Å². The van der Waals surface area contributed by atoms with Crippen molar-refractivity contribution in [3.8, 4) is 0 Å². The molecule has 26 heavy (non-hydrogen) atoms. The van der Waals surface area contributed by atoms with Crippen LogP contribution >= 0.6 is 24.2 Å². The van der Waals surface area contributed by atoms with Crippen LogP contribution in [0.4, 0.5) is 4.39 Å². The Morgan fingerprint density at radius 1 is 1.23 bits per heavy atom. The van der Waals surface area contributed by atoms with Crippen molar-refractivity contribution < 1.29 is 17.6 Å². The lowest BCUT2D eigenvalue weighted by Gasteiger charge is -2.24. The SMILES string of the molecule is CSCCC(N)C(=O)N1CCCN(S(=O)(=O)c2ccc(F)cc2)CC1.Cl. The molecule has 2 rings (SSSR count). The maximum Gasteiger partial charge on any atom is 0.243 e. The number of carbonyl (C=O) groups excluding carboxylic acids is 1. The topological polar surface area (TPSA) is 83.7 Å².